The second kappa shape index (κ2) is 19.6. The summed E-state index contributed by atoms with van der Waals surface area (Å²) in [4.78, 5) is 31.5. The molecule has 2 saturated heterocycles. The zero-order chi connectivity index (χ0) is 38.6. The van der Waals surface area contributed by atoms with Crippen LogP contribution < -0.4 is 20.5 Å². The fraction of sp³-hybridized carbons (Fsp3) is 0.429. The average molecular weight is 755 g/mol. The van der Waals surface area contributed by atoms with E-state index < -0.39 is 12.0 Å². The van der Waals surface area contributed by atoms with E-state index in [4.69, 9.17) is 34.9 Å². The van der Waals surface area contributed by atoms with Gasteiger partial charge in [0.15, 0.2) is 0 Å². The lowest BCUT2D eigenvalue weighted by molar-refractivity contribution is -0.138. The second-order valence-corrected chi connectivity index (χ2v) is 14.2. The molecule has 13 heteroatoms. The number of benzene rings is 2. The van der Waals surface area contributed by atoms with E-state index >= 15 is 0 Å². The summed E-state index contributed by atoms with van der Waals surface area (Å²) in [5.74, 6) is 0.798. The molecule has 13 nitrogen and oxygen atoms in total. The van der Waals surface area contributed by atoms with Crippen molar-refractivity contribution in [2.45, 2.75) is 61.8 Å². The number of rotatable bonds is 13. The standard InChI is InChI=1S/C21H24N2O4.C11H16N2O3.C10H10O2/c24-12-19(15-6-7-20(22-11-15)27-16-8-9-26-13-16)23-21(25)18-10-17(18)14-4-2-1-3-5-14;12-10(6-14)8-1-2-11(13-5-8)16-9-3-4-15-7-9;11-10(12)9-6-8(9)7-4-2-1-3-5-7/h1-7,11,16-19,24H,8-10,12-13H2,(H,23,25);1-2,5,9-10,14H,3-4,6-7,12H2;1-5,8-9H,6H2,(H,11,12)/t16-,17+,18-,19-;9-,10-;8-,9+/m001/s1. The van der Waals surface area contributed by atoms with Gasteiger partial charge in [-0.2, -0.15) is 0 Å². The molecule has 0 bridgehead atoms. The van der Waals surface area contributed by atoms with Crippen molar-refractivity contribution in [2.75, 3.05) is 39.6 Å². The Morgan fingerprint density at radius 1 is 0.727 bits per heavy atom. The Hall–Kier alpha value is -4.92. The maximum Gasteiger partial charge on any atom is 0.307 e. The predicted octanol–water partition coefficient (Wildman–Crippen LogP) is 4.32. The van der Waals surface area contributed by atoms with Crippen LogP contribution in [0.3, 0.4) is 0 Å². The van der Waals surface area contributed by atoms with Gasteiger partial charge in [-0.15, -0.1) is 0 Å². The number of hydrogen-bond acceptors (Lipinski definition) is 11. The lowest BCUT2D eigenvalue weighted by Gasteiger charge is -2.17. The molecule has 55 heavy (non-hydrogen) atoms. The molecular formula is C42H50N4O9. The molecule has 0 spiro atoms. The van der Waals surface area contributed by atoms with Crippen molar-refractivity contribution in [2.24, 2.45) is 17.6 Å². The number of nitrogens with zero attached hydrogens (tertiary/aromatic N) is 2. The smallest absolute Gasteiger partial charge is 0.307 e. The summed E-state index contributed by atoms with van der Waals surface area (Å²) in [6, 6.07) is 26.2. The van der Waals surface area contributed by atoms with E-state index in [1.807, 2.05) is 60.7 Å². The Morgan fingerprint density at radius 3 is 1.65 bits per heavy atom. The van der Waals surface area contributed by atoms with Gasteiger partial charge in [-0.3, -0.25) is 9.59 Å². The number of amides is 1. The largest absolute Gasteiger partial charge is 0.481 e. The number of aliphatic hydroxyl groups excluding tert-OH is 2. The Labute approximate surface area is 320 Å². The lowest BCUT2D eigenvalue weighted by Crippen LogP contribution is -2.32. The van der Waals surface area contributed by atoms with E-state index in [9.17, 15) is 14.7 Å². The first-order valence-corrected chi connectivity index (χ1v) is 18.8. The van der Waals surface area contributed by atoms with Crippen LogP contribution in [-0.4, -0.2) is 89.0 Å². The minimum absolute atomic E-state index is 0.0219. The van der Waals surface area contributed by atoms with E-state index in [1.165, 1.54) is 5.56 Å². The Kier molecular flexibility index (Phi) is 14.2. The number of pyridine rings is 2. The number of carbonyl (C=O) groups is 2. The van der Waals surface area contributed by atoms with Crippen LogP contribution in [0.2, 0.25) is 0 Å². The van der Waals surface area contributed by atoms with Gasteiger partial charge in [0.2, 0.25) is 17.7 Å². The SMILES string of the molecule is N[C@@H](CO)c1ccc(O[C@H]2CCOC2)nc1.O=C(N[C@@H](CO)c1ccc(O[C@H]2CCOC2)nc1)[C@H]1C[C@@H]1c1ccccc1.O=C(O)[C@H]1C[C@@H]1c1ccccc1. The number of carbonyl (C=O) groups excluding carboxylic acids is 1. The highest BCUT2D eigenvalue weighted by atomic mass is 16.6. The molecule has 2 aromatic heterocycles. The van der Waals surface area contributed by atoms with Crippen LogP contribution in [-0.2, 0) is 19.1 Å². The average Bonchev–Trinajstić information content (AvgIpc) is 4.10. The van der Waals surface area contributed by atoms with Gasteiger partial charge in [-0.25, -0.2) is 9.97 Å². The monoisotopic (exact) mass is 754 g/mol. The fourth-order valence-corrected chi connectivity index (χ4v) is 6.61. The fourth-order valence-electron chi connectivity index (χ4n) is 6.61. The Balaban J connectivity index is 0.000000155. The van der Waals surface area contributed by atoms with Crippen molar-refractivity contribution in [1.29, 1.82) is 0 Å². The van der Waals surface area contributed by atoms with E-state index in [0.717, 1.165) is 49.0 Å². The quantitative estimate of drug-likeness (QED) is 0.130. The van der Waals surface area contributed by atoms with Gasteiger partial charge in [0.25, 0.3) is 0 Å². The third-order valence-electron chi connectivity index (χ3n) is 10.1. The van der Waals surface area contributed by atoms with Crippen molar-refractivity contribution in [3.05, 3.63) is 120 Å². The number of aliphatic hydroxyl groups is 2. The number of aliphatic carboxylic acids is 1. The minimum atomic E-state index is -0.663. The molecule has 2 saturated carbocycles. The van der Waals surface area contributed by atoms with Gasteiger partial charge in [-0.05, 0) is 53.0 Å². The van der Waals surface area contributed by atoms with E-state index in [1.54, 1.807) is 24.5 Å². The van der Waals surface area contributed by atoms with Crippen molar-refractivity contribution >= 4 is 11.9 Å². The molecule has 8 atom stereocenters. The molecular weight excluding hydrogens is 704 g/mol. The third-order valence-corrected chi connectivity index (χ3v) is 10.1. The van der Waals surface area contributed by atoms with Gasteiger partial charge in [-0.1, -0.05) is 66.7 Å². The van der Waals surface area contributed by atoms with Crippen LogP contribution >= 0.6 is 0 Å². The normalized spacial score (nSPS) is 24.5. The van der Waals surface area contributed by atoms with Crippen LogP contribution in [0.5, 0.6) is 11.8 Å². The molecule has 8 rings (SSSR count). The van der Waals surface area contributed by atoms with Gasteiger partial charge < -0.3 is 45.3 Å². The molecule has 2 aliphatic heterocycles. The zero-order valence-electron chi connectivity index (χ0n) is 30.7. The van der Waals surface area contributed by atoms with Crippen molar-refractivity contribution in [1.82, 2.24) is 15.3 Å². The molecule has 0 unspecified atom stereocenters. The summed E-state index contributed by atoms with van der Waals surface area (Å²) >= 11 is 0. The molecule has 4 fully saturated rings. The molecule has 6 N–H and O–H groups in total. The highest BCUT2D eigenvalue weighted by Crippen LogP contribution is 2.48. The summed E-state index contributed by atoms with van der Waals surface area (Å²) in [5, 5.41) is 30.2. The highest BCUT2D eigenvalue weighted by Gasteiger charge is 2.45. The van der Waals surface area contributed by atoms with E-state index in [0.29, 0.717) is 31.6 Å². The molecule has 1 amide bonds. The minimum Gasteiger partial charge on any atom is -0.481 e. The van der Waals surface area contributed by atoms with Crippen molar-refractivity contribution in [3.63, 3.8) is 0 Å². The predicted molar refractivity (Wildman–Crippen MR) is 202 cm³/mol. The Bertz CT molecular complexity index is 1770. The molecule has 4 aromatic rings. The zero-order valence-corrected chi connectivity index (χ0v) is 30.7. The number of carboxylic acid groups (broad SMARTS) is 1. The van der Waals surface area contributed by atoms with Crippen LogP contribution in [0, 0.1) is 11.8 Å². The van der Waals surface area contributed by atoms with Gasteiger partial charge >= 0.3 is 5.97 Å². The van der Waals surface area contributed by atoms with Crippen LogP contribution in [0.15, 0.2) is 97.3 Å². The number of ether oxygens (including phenoxy) is 4. The molecule has 4 aliphatic rings. The van der Waals surface area contributed by atoms with Gasteiger partial charge in [0.05, 0.1) is 57.6 Å². The number of nitrogens with two attached hydrogens (primary N) is 1. The van der Waals surface area contributed by atoms with Crippen LogP contribution in [0.4, 0.5) is 0 Å². The van der Waals surface area contributed by atoms with Gasteiger partial charge in [0.1, 0.15) is 12.2 Å². The summed E-state index contributed by atoms with van der Waals surface area (Å²) in [6.07, 6.45) is 6.84. The first-order valence-electron chi connectivity index (χ1n) is 18.8. The second-order valence-electron chi connectivity index (χ2n) is 14.2. The number of hydrogen-bond donors (Lipinski definition) is 5. The lowest BCUT2D eigenvalue weighted by atomic mass is 10.1. The molecule has 0 radical (unpaired) electrons. The van der Waals surface area contributed by atoms with Crippen molar-refractivity contribution < 1.29 is 43.9 Å². The Morgan fingerprint density at radius 2 is 1.24 bits per heavy atom. The maximum atomic E-state index is 12.5. The van der Waals surface area contributed by atoms with Gasteiger partial charge in [0, 0.05) is 43.3 Å². The number of aromatic nitrogens is 2. The van der Waals surface area contributed by atoms with E-state index in [-0.39, 0.29) is 61.0 Å². The van der Waals surface area contributed by atoms with Crippen molar-refractivity contribution in [3.8, 4) is 11.8 Å². The molecule has 4 heterocycles. The summed E-state index contributed by atoms with van der Waals surface area (Å²) in [6.45, 7) is 2.41. The van der Waals surface area contributed by atoms with Crippen LogP contribution in [0.25, 0.3) is 0 Å². The molecule has 2 aromatic carbocycles. The highest BCUT2D eigenvalue weighted by molar-refractivity contribution is 5.83. The first-order chi connectivity index (χ1) is 26.8. The topological polar surface area (TPSA) is 196 Å². The number of carboxylic acids is 1. The third kappa shape index (κ3) is 11.5. The summed E-state index contributed by atoms with van der Waals surface area (Å²) < 4.78 is 21.8. The maximum absolute atomic E-state index is 12.5. The molecule has 292 valence electrons. The summed E-state index contributed by atoms with van der Waals surface area (Å²) in [7, 11) is 0. The number of nitrogens with one attached hydrogen (secondary N) is 1. The van der Waals surface area contributed by atoms with E-state index in [2.05, 4.69) is 27.4 Å². The summed E-state index contributed by atoms with van der Waals surface area (Å²) in [5.41, 5.74) is 9.57. The van der Waals surface area contributed by atoms with Crippen LogP contribution in [0.1, 0.15) is 71.9 Å². The first kappa shape index (κ1) is 39.8. The molecule has 2 aliphatic carbocycles.